The summed E-state index contributed by atoms with van der Waals surface area (Å²) in [4.78, 5) is 24.0. The number of rotatable bonds is 4. The number of benzene rings is 2. The summed E-state index contributed by atoms with van der Waals surface area (Å²) in [6, 6.07) is 16.1. The average molecular weight is 310 g/mol. The lowest BCUT2D eigenvalue weighted by Crippen LogP contribution is -2.30. The van der Waals surface area contributed by atoms with Crippen molar-refractivity contribution in [2.24, 2.45) is 0 Å². The van der Waals surface area contributed by atoms with Crippen LogP contribution in [0.15, 0.2) is 54.6 Å². The molecular weight excluding hydrogens is 292 g/mol. The Morgan fingerprint density at radius 1 is 0.957 bits per heavy atom. The second-order valence-electron chi connectivity index (χ2n) is 5.55. The molecule has 3 rings (SSSR count). The van der Waals surface area contributed by atoms with Crippen LogP contribution in [0.1, 0.15) is 36.0 Å². The minimum Gasteiger partial charge on any atom is -0.457 e. The maximum Gasteiger partial charge on any atom is 0.338 e. The third kappa shape index (κ3) is 3.97. The topological polar surface area (TPSA) is 52.6 Å². The van der Waals surface area contributed by atoms with Gasteiger partial charge in [-0.2, -0.15) is 0 Å². The highest BCUT2D eigenvalue weighted by Gasteiger charge is 2.26. The van der Waals surface area contributed by atoms with E-state index in [1.807, 2.05) is 30.3 Å². The van der Waals surface area contributed by atoms with Gasteiger partial charge in [0.05, 0.1) is 5.56 Å². The molecule has 4 nitrogen and oxygen atoms in total. The minimum absolute atomic E-state index is 0.0151. The third-order valence-corrected chi connectivity index (χ3v) is 3.80. The fourth-order valence-corrected chi connectivity index (χ4v) is 2.58. The van der Waals surface area contributed by atoms with Crippen LogP contribution in [-0.2, 0) is 9.53 Å². The van der Waals surface area contributed by atoms with E-state index in [-0.39, 0.29) is 5.78 Å². The number of esters is 1. The Kier molecular flexibility index (Phi) is 4.71. The zero-order valence-electron chi connectivity index (χ0n) is 12.7. The van der Waals surface area contributed by atoms with Crippen molar-refractivity contribution in [2.75, 3.05) is 0 Å². The first-order valence-corrected chi connectivity index (χ1v) is 7.79. The molecule has 118 valence electrons. The molecule has 0 spiro atoms. The van der Waals surface area contributed by atoms with Crippen molar-refractivity contribution in [3.63, 3.8) is 0 Å². The molecular formula is C19H18O4. The summed E-state index contributed by atoms with van der Waals surface area (Å²) in [5.74, 6) is 0.783. The monoisotopic (exact) mass is 310 g/mol. The van der Waals surface area contributed by atoms with Crippen LogP contribution in [0.2, 0.25) is 0 Å². The number of hydrogen-bond donors (Lipinski definition) is 0. The zero-order chi connectivity index (χ0) is 16.1. The van der Waals surface area contributed by atoms with E-state index < -0.39 is 12.1 Å². The van der Waals surface area contributed by atoms with Gasteiger partial charge < -0.3 is 9.47 Å². The fraction of sp³-hybridized carbons (Fsp3) is 0.263. The van der Waals surface area contributed by atoms with Crippen LogP contribution >= 0.6 is 0 Å². The molecule has 1 fully saturated rings. The Morgan fingerprint density at radius 3 is 2.52 bits per heavy atom. The first-order valence-electron chi connectivity index (χ1n) is 7.79. The number of ketones is 1. The number of Topliss-reactive ketones (excluding diaryl/α,β-unsaturated/α-hetero) is 1. The van der Waals surface area contributed by atoms with Crippen molar-refractivity contribution in [3.05, 3.63) is 60.2 Å². The van der Waals surface area contributed by atoms with Crippen molar-refractivity contribution in [1.82, 2.24) is 0 Å². The third-order valence-electron chi connectivity index (χ3n) is 3.80. The molecule has 2 aromatic carbocycles. The maximum atomic E-state index is 12.2. The summed E-state index contributed by atoms with van der Waals surface area (Å²) in [5.41, 5.74) is 0.386. The number of para-hydroxylation sites is 1. The van der Waals surface area contributed by atoms with E-state index in [1.165, 1.54) is 0 Å². The van der Waals surface area contributed by atoms with Crippen LogP contribution in [0.5, 0.6) is 11.5 Å². The zero-order valence-corrected chi connectivity index (χ0v) is 12.7. The highest BCUT2D eigenvalue weighted by molar-refractivity contribution is 5.93. The van der Waals surface area contributed by atoms with Gasteiger partial charge in [-0.15, -0.1) is 0 Å². The van der Waals surface area contributed by atoms with E-state index in [0.29, 0.717) is 29.9 Å². The predicted octanol–water partition coefficient (Wildman–Crippen LogP) is 4.15. The van der Waals surface area contributed by atoms with Crippen molar-refractivity contribution >= 4 is 11.8 Å². The highest BCUT2D eigenvalue weighted by atomic mass is 16.5. The summed E-state index contributed by atoms with van der Waals surface area (Å²) in [6.07, 6.45) is 2.31. The summed E-state index contributed by atoms with van der Waals surface area (Å²) >= 11 is 0. The van der Waals surface area contributed by atoms with Crippen molar-refractivity contribution in [2.45, 2.75) is 31.8 Å². The first kappa shape index (κ1) is 15.3. The van der Waals surface area contributed by atoms with Gasteiger partial charge >= 0.3 is 5.97 Å². The standard InChI is InChI=1S/C19H18O4/c20-17-11-4-5-12-18(17)23-19(21)14-7-6-10-16(13-14)22-15-8-2-1-3-9-15/h1-3,6-10,13,18H,4-5,11-12H2/t18-/m1/s1. The van der Waals surface area contributed by atoms with E-state index in [2.05, 4.69) is 0 Å². The number of carbonyl (C=O) groups is 2. The quantitative estimate of drug-likeness (QED) is 0.796. The minimum atomic E-state index is -0.602. The van der Waals surface area contributed by atoms with Gasteiger partial charge in [-0.1, -0.05) is 24.3 Å². The number of carbonyl (C=O) groups excluding carboxylic acids is 2. The van der Waals surface area contributed by atoms with Crippen molar-refractivity contribution < 1.29 is 19.1 Å². The molecule has 0 heterocycles. The Bertz CT molecular complexity index is 694. The smallest absolute Gasteiger partial charge is 0.338 e. The molecule has 4 heteroatoms. The van der Waals surface area contributed by atoms with Gasteiger partial charge in [-0.3, -0.25) is 4.79 Å². The van der Waals surface area contributed by atoms with E-state index in [0.717, 1.165) is 12.8 Å². The van der Waals surface area contributed by atoms with Gasteiger partial charge in [0.15, 0.2) is 11.9 Å². The van der Waals surface area contributed by atoms with Crippen LogP contribution in [0, 0.1) is 0 Å². The lowest BCUT2D eigenvalue weighted by Gasteiger charge is -2.20. The van der Waals surface area contributed by atoms with E-state index in [4.69, 9.17) is 9.47 Å². The maximum absolute atomic E-state index is 12.2. The molecule has 0 saturated heterocycles. The highest BCUT2D eigenvalue weighted by Crippen LogP contribution is 2.23. The average Bonchev–Trinajstić information content (AvgIpc) is 2.58. The molecule has 0 aliphatic heterocycles. The summed E-state index contributed by atoms with van der Waals surface area (Å²) in [5, 5.41) is 0. The second-order valence-corrected chi connectivity index (χ2v) is 5.55. The van der Waals surface area contributed by atoms with Crippen LogP contribution in [0.25, 0.3) is 0 Å². The fourth-order valence-electron chi connectivity index (χ4n) is 2.58. The predicted molar refractivity (Wildman–Crippen MR) is 85.6 cm³/mol. The van der Waals surface area contributed by atoms with Gasteiger partial charge in [0, 0.05) is 6.42 Å². The number of hydrogen-bond acceptors (Lipinski definition) is 4. The number of ether oxygens (including phenoxy) is 2. The van der Waals surface area contributed by atoms with Gasteiger partial charge in [-0.25, -0.2) is 4.79 Å². The summed E-state index contributed by atoms with van der Waals surface area (Å²) in [7, 11) is 0. The first-order chi connectivity index (χ1) is 11.2. The van der Waals surface area contributed by atoms with Crippen molar-refractivity contribution in [1.29, 1.82) is 0 Å². The van der Waals surface area contributed by atoms with E-state index in [1.54, 1.807) is 24.3 Å². The van der Waals surface area contributed by atoms with Crippen LogP contribution in [-0.4, -0.2) is 17.9 Å². The molecule has 0 N–H and O–H groups in total. The van der Waals surface area contributed by atoms with Crippen molar-refractivity contribution in [3.8, 4) is 11.5 Å². The molecule has 0 bridgehead atoms. The van der Waals surface area contributed by atoms with Crippen LogP contribution in [0.4, 0.5) is 0 Å². The Balaban J connectivity index is 1.69. The van der Waals surface area contributed by atoms with Gasteiger partial charge in [0.2, 0.25) is 0 Å². The molecule has 2 aromatic rings. The van der Waals surface area contributed by atoms with Gasteiger partial charge in [0.1, 0.15) is 11.5 Å². The molecule has 1 aliphatic rings. The lowest BCUT2D eigenvalue weighted by atomic mass is 9.96. The Morgan fingerprint density at radius 2 is 1.74 bits per heavy atom. The molecule has 1 atom stereocenters. The second kappa shape index (κ2) is 7.09. The molecule has 1 saturated carbocycles. The van der Waals surface area contributed by atoms with Crippen LogP contribution < -0.4 is 4.74 Å². The molecule has 1 aliphatic carbocycles. The molecule has 0 amide bonds. The lowest BCUT2D eigenvalue weighted by molar-refractivity contribution is -0.129. The van der Waals surface area contributed by atoms with E-state index >= 15 is 0 Å². The molecule has 0 radical (unpaired) electrons. The SMILES string of the molecule is O=C(O[C@@H]1CCCCC1=O)c1cccc(Oc2ccccc2)c1. The van der Waals surface area contributed by atoms with Gasteiger partial charge in [0.25, 0.3) is 0 Å². The Hall–Kier alpha value is -2.62. The molecule has 0 aromatic heterocycles. The van der Waals surface area contributed by atoms with E-state index in [9.17, 15) is 9.59 Å². The summed E-state index contributed by atoms with van der Waals surface area (Å²) < 4.78 is 11.1. The van der Waals surface area contributed by atoms with Gasteiger partial charge in [-0.05, 0) is 49.6 Å². The molecule has 23 heavy (non-hydrogen) atoms. The van der Waals surface area contributed by atoms with Crippen LogP contribution in [0.3, 0.4) is 0 Å². The molecule has 0 unspecified atom stereocenters. The largest absolute Gasteiger partial charge is 0.457 e. The Labute approximate surface area is 135 Å². The summed E-state index contributed by atoms with van der Waals surface area (Å²) in [6.45, 7) is 0. The normalized spacial score (nSPS) is 17.6.